The van der Waals surface area contributed by atoms with Gasteiger partial charge in [-0.3, -0.25) is 4.98 Å². The van der Waals surface area contributed by atoms with Gasteiger partial charge in [0, 0.05) is 44.5 Å². The number of hydrogen-bond donors (Lipinski definition) is 0. The van der Waals surface area contributed by atoms with Crippen LogP contribution in [0.15, 0.2) is 89.5 Å². The van der Waals surface area contributed by atoms with Gasteiger partial charge in [-0.25, -0.2) is 0 Å². The van der Waals surface area contributed by atoms with Gasteiger partial charge in [0.15, 0.2) is 0 Å². The second kappa shape index (κ2) is 9.66. The van der Waals surface area contributed by atoms with E-state index in [0.717, 1.165) is 27.5 Å². The molecule has 2 heterocycles. The van der Waals surface area contributed by atoms with Crippen molar-refractivity contribution in [2.24, 2.45) is 5.41 Å². The molecule has 6 aromatic rings. The molecule has 7 rings (SSSR count). The van der Waals surface area contributed by atoms with Gasteiger partial charge in [0.25, 0.3) is 0 Å². The van der Waals surface area contributed by atoms with Gasteiger partial charge in [-0.05, 0) is 93.6 Å². The van der Waals surface area contributed by atoms with E-state index in [1.165, 1.54) is 35.5 Å². The van der Waals surface area contributed by atoms with Crippen molar-refractivity contribution in [3.63, 3.8) is 0 Å². The molecule has 0 bridgehead atoms. The molecular formula is C42H43NO. The van der Waals surface area contributed by atoms with Crippen molar-refractivity contribution in [3.8, 4) is 33.5 Å². The average molecular weight is 587 g/mol. The first-order chi connectivity index (χ1) is 24.4. The number of para-hydroxylation sites is 1. The molecule has 0 atom stereocenters. The number of benzene rings is 4. The van der Waals surface area contributed by atoms with Crippen molar-refractivity contribution < 1.29 is 16.8 Å². The Morgan fingerprint density at radius 3 is 2.27 bits per heavy atom. The Bertz CT molecular complexity index is 2460. The van der Waals surface area contributed by atoms with E-state index in [1.54, 1.807) is 20.8 Å². The van der Waals surface area contributed by atoms with Gasteiger partial charge < -0.3 is 4.42 Å². The Morgan fingerprint density at radius 1 is 0.750 bits per heavy atom. The maximum atomic E-state index is 9.11. The summed E-state index contributed by atoms with van der Waals surface area (Å²) in [4.78, 5) is 4.62. The third-order valence-electron chi connectivity index (χ3n) is 9.65. The Hall–Kier alpha value is -4.17. The summed E-state index contributed by atoms with van der Waals surface area (Å²) < 4.78 is 84.2. The number of fused-ring (bicyclic) bond motifs is 7. The zero-order valence-electron chi connectivity index (χ0n) is 35.4. The third-order valence-corrected chi connectivity index (χ3v) is 9.65. The predicted molar refractivity (Wildman–Crippen MR) is 187 cm³/mol. The maximum absolute atomic E-state index is 9.11. The van der Waals surface area contributed by atoms with Crippen LogP contribution >= 0.6 is 0 Å². The van der Waals surface area contributed by atoms with E-state index in [2.05, 4.69) is 69.1 Å². The average Bonchev–Trinajstić information content (AvgIpc) is 3.44. The number of pyridine rings is 1. The third kappa shape index (κ3) is 4.25. The van der Waals surface area contributed by atoms with Gasteiger partial charge in [-0.1, -0.05) is 109 Å². The predicted octanol–water partition coefficient (Wildman–Crippen LogP) is 11.8. The van der Waals surface area contributed by atoms with Crippen LogP contribution in [0.4, 0.5) is 0 Å². The highest BCUT2D eigenvalue weighted by atomic mass is 16.3. The van der Waals surface area contributed by atoms with Gasteiger partial charge in [0.2, 0.25) is 0 Å². The zero-order valence-corrected chi connectivity index (χ0v) is 26.4. The van der Waals surface area contributed by atoms with Crippen LogP contribution in [0.2, 0.25) is 0 Å². The molecule has 0 saturated carbocycles. The second-order valence-corrected chi connectivity index (χ2v) is 14.1. The molecule has 0 spiro atoms. The van der Waals surface area contributed by atoms with Crippen molar-refractivity contribution in [1.82, 2.24) is 4.98 Å². The molecule has 0 amide bonds. The Balaban J connectivity index is 1.51. The topological polar surface area (TPSA) is 26.0 Å². The summed E-state index contributed by atoms with van der Waals surface area (Å²) >= 11 is 0. The summed E-state index contributed by atoms with van der Waals surface area (Å²) in [6.07, 6.45) is -0.756. The molecule has 1 aliphatic carbocycles. The number of aromatic nitrogens is 1. The van der Waals surface area contributed by atoms with Gasteiger partial charge in [-0.2, -0.15) is 0 Å². The first-order valence-corrected chi connectivity index (χ1v) is 15.1. The Kier molecular flexibility index (Phi) is 4.39. The van der Waals surface area contributed by atoms with Crippen molar-refractivity contribution in [2.45, 2.75) is 79.4 Å². The first-order valence-electron chi connectivity index (χ1n) is 19.6. The lowest BCUT2D eigenvalue weighted by molar-refractivity contribution is 0.299. The van der Waals surface area contributed by atoms with Crippen LogP contribution in [0, 0.1) is 19.1 Å². The van der Waals surface area contributed by atoms with Crippen LogP contribution in [0.3, 0.4) is 0 Å². The summed E-state index contributed by atoms with van der Waals surface area (Å²) in [5.41, 5.74) is 4.89. The molecule has 0 radical (unpaired) electrons. The van der Waals surface area contributed by atoms with Gasteiger partial charge in [-0.15, -0.1) is 0 Å². The highest BCUT2D eigenvalue weighted by Gasteiger charge is 2.47. The number of furan rings is 1. The molecule has 4 aromatic carbocycles. The fourth-order valence-corrected chi connectivity index (χ4v) is 6.86. The van der Waals surface area contributed by atoms with E-state index >= 15 is 0 Å². The summed E-state index contributed by atoms with van der Waals surface area (Å²) in [6, 6.07) is 22.3. The van der Waals surface area contributed by atoms with Crippen LogP contribution < -0.4 is 0 Å². The molecule has 0 N–H and O–H groups in total. The van der Waals surface area contributed by atoms with Crippen molar-refractivity contribution in [3.05, 3.63) is 113 Å². The molecule has 0 fully saturated rings. The molecule has 44 heavy (non-hydrogen) atoms. The van der Waals surface area contributed by atoms with Crippen LogP contribution in [0.1, 0.15) is 88.6 Å². The van der Waals surface area contributed by atoms with Crippen molar-refractivity contribution in [2.75, 3.05) is 0 Å². The molecule has 0 aliphatic heterocycles. The van der Waals surface area contributed by atoms with Crippen LogP contribution in [-0.2, 0) is 17.2 Å². The van der Waals surface area contributed by atoms with E-state index < -0.39 is 25.5 Å². The highest BCUT2D eigenvalue weighted by molar-refractivity contribution is 6.12. The zero-order chi connectivity index (χ0) is 38.8. The van der Waals surface area contributed by atoms with Crippen LogP contribution in [0.5, 0.6) is 0 Å². The van der Waals surface area contributed by atoms with Crippen molar-refractivity contribution in [1.29, 1.82) is 0 Å². The van der Waals surface area contributed by atoms with E-state index in [0.29, 0.717) is 16.8 Å². The first kappa shape index (κ1) is 20.0. The maximum Gasteiger partial charge on any atom is 0.144 e. The number of rotatable bonds is 3. The van der Waals surface area contributed by atoms with Crippen LogP contribution in [0.25, 0.3) is 55.4 Å². The Morgan fingerprint density at radius 2 is 1.50 bits per heavy atom. The molecule has 0 saturated heterocycles. The summed E-state index contributed by atoms with van der Waals surface area (Å²) in [7, 11) is 0. The minimum absolute atomic E-state index is 0.0268. The lowest BCUT2D eigenvalue weighted by atomic mass is 9.55. The lowest BCUT2D eigenvalue weighted by Crippen LogP contribution is -2.43. The van der Waals surface area contributed by atoms with Crippen LogP contribution in [-0.4, -0.2) is 4.98 Å². The SMILES string of the molecule is [2H]c1cc(C([2H])([2H])C(C)(C)C)cc(C([2H])([2H])[2H])c1-c1cc(-c2cccc3c2oc2c4c(ccc23)-c2ccccc2C(C)(C)C4(C)C)ncc1C([2H])([2H])[2H]. The molecule has 2 heteroatoms. The normalized spacial score (nSPS) is 19.3. The minimum atomic E-state index is -2.79. The molecule has 222 valence electrons. The molecule has 1 aliphatic rings. The fourth-order valence-electron chi connectivity index (χ4n) is 6.86. The summed E-state index contributed by atoms with van der Waals surface area (Å²) in [6.45, 7) is 8.64. The highest BCUT2D eigenvalue weighted by Crippen LogP contribution is 2.56. The lowest BCUT2D eigenvalue weighted by Gasteiger charge is -2.48. The van der Waals surface area contributed by atoms with E-state index in [9.17, 15) is 0 Å². The largest absolute Gasteiger partial charge is 0.455 e. The summed E-state index contributed by atoms with van der Waals surface area (Å²) in [5.74, 6) is 0. The smallest absolute Gasteiger partial charge is 0.144 e. The monoisotopic (exact) mass is 586 g/mol. The molecule has 2 aromatic heterocycles. The number of aryl methyl sites for hydroxylation is 2. The summed E-state index contributed by atoms with van der Waals surface area (Å²) in [5, 5.41) is 1.79. The molecule has 0 unspecified atom stereocenters. The van der Waals surface area contributed by atoms with Crippen molar-refractivity contribution >= 4 is 21.9 Å². The molecular weight excluding hydrogens is 534 g/mol. The Labute approximate surface area is 274 Å². The minimum Gasteiger partial charge on any atom is -0.455 e. The van der Waals surface area contributed by atoms with E-state index in [4.69, 9.17) is 16.8 Å². The second-order valence-electron chi connectivity index (χ2n) is 14.1. The quantitative estimate of drug-likeness (QED) is 0.206. The van der Waals surface area contributed by atoms with Gasteiger partial charge in [0.1, 0.15) is 11.2 Å². The standard InChI is InChI=1S/C42H43NO/c1-25-21-27(23-40(3,4)5)17-18-28(25)34-22-36(43-24-26(34)2)33-15-12-14-31-32-20-19-30-29-13-10-11-16-35(29)41(6,7)42(8,9)37(30)39(32)44-38(31)33/h10-22,24H,23H2,1-9H3/i1D3,2D3,18D,23D2. The van der Waals surface area contributed by atoms with E-state index in [-0.39, 0.29) is 44.7 Å². The fraction of sp³-hybridized carbons (Fsp3) is 0.310. The number of hydrogen-bond acceptors (Lipinski definition) is 2. The van der Waals surface area contributed by atoms with Gasteiger partial charge >= 0.3 is 0 Å². The van der Waals surface area contributed by atoms with E-state index in [1.807, 2.05) is 18.2 Å². The van der Waals surface area contributed by atoms with Gasteiger partial charge in [0.05, 0.1) is 7.06 Å². The number of nitrogens with zero attached hydrogens (tertiary/aromatic N) is 1. The molecule has 2 nitrogen and oxygen atoms in total.